The molecule has 1 aliphatic carbocycles. The van der Waals surface area contributed by atoms with Crippen molar-refractivity contribution >= 4 is 10.0 Å². The molecule has 0 N–H and O–H groups in total. The Kier molecular flexibility index (Phi) is 8.21. The largest absolute Gasteiger partial charge is 0.416 e. The first-order valence-corrected chi connectivity index (χ1v) is 12.6. The second-order valence-electron chi connectivity index (χ2n) is 8.88. The first-order valence-electron chi connectivity index (χ1n) is 11.2. The summed E-state index contributed by atoms with van der Waals surface area (Å²) in [7, 11) is -2.28. The third kappa shape index (κ3) is 6.80. The fourth-order valence-corrected chi connectivity index (χ4v) is 5.81. The van der Waals surface area contributed by atoms with Gasteiger partial charge in [-0.3, -0.25) is 4.90 Å². The molecule has 1 aliphatic heterocycles. The standard InChI is InChI=1S/C23H33F3N2O2S/c1-27(31(29,30)22-13-11-21(12-14-22)23(24,25)26)18-20-9-7-19(8-10-20)6-5-17-28-15-3-2-4-16-28/h5-6,11-14,19-20H,2-4,7-10,15-18H2,1H3. The minimum atomic E-state index is -4.48. The van der Waals surface area contributed by atoms with Gasteiger partial charge in [0.15, 0.2) is 0 Å². The number of nitrogens with zero attached hydrogens (tertiary/aromatic N) is 2. The molecule has 2 aliphatic rings. The summed E-state index contributed by atoms with van der Waals surface area (Å²) in [6.07, 6.45) is 8.10. The Morgan fingerprint density at radius 1 is 1.03 bits per heavy atom. The summed E-state index contributed by atoms with van der Waals surface area (Å²) < 4.78 is 64.9. The smallest absolute Gasteiger partial charge is 0.300 e. The van der Waals surface area contributed by atoms with Crippen molar-refractivity contribution in [3.63, 3.8) is 0 Å². The van der Waals surface area contributed by atoms with E-state index >= 15 is 0 Å². The van der Waals surface area contributed by atoms with Crippen LogP contribution < -0.4 is 0 Å². The first-order chi connectivity index (χ1) is 14.7. The van der Waals surface area contributed by atoms with Crippen molar-refractivity contribution in [2.75, 3.05) is 33.2 Å². The van der Waals surface area contributed by atoms with Gasteiger partial charge in [0.2, 0.25) is 10.0 Å². The van der Waals surface area contributed by atoms with Gasteiger partial charge >= 0.3 is 6.18 Å². The Hall–Kier alpha value is -1.38. The number of alkyl halides is 3. The lowest BCUT2D eigenvalue weighted by Gasteiger charge is -2.30. The van der Waals surface area contributed by atoms with Crippen LogP contribution in [0.15, 0.2) is 41.3 Å². The van der Waals surface area contributed by atoms with Crippen LogP contribution in [0.25, 0.3) is 0 Å². The molecule has 1 saturated heterocycles. The third-order valence-electron chi connectivity index (χ3n) is 6.52. The molecular weight excluding hydrogens is 425 g/mol. The van der Waals surface area contributed by atoms with Crippen LogP contribution in [0.2, 0.25) is 0 Å². The fourth-order valence-electron chi connectivity index (χ4n) is 4.57. The van der Waals surface area contributed by atoms with Crippen molar-refractivity contribution in [2.45, 2.75) is 56.0 Å². The van der Waals surface area contributed by atoms with E-state index in [1.165, 1.54) is 43.7 Å². The number of allylic oxidation sites excluding steroid dienone is 1. The van der Waals surface area contributed by atoms with Gasteiger partial charge in [0.25, 0.3) is 0 Å². The van der Waals surface area contributed by atoms with Crippen LogP contribution in [-0.2, 0) is 16.2 Å². The Balaban J connectivity index is 1.47. The molecule has 3 rings (SSSR count). The molecular formula is C23H33F3N2O2S. The fraction of sp³-hybridized carbons (Fsp3) is 0.652. The second-order valence-corrected chi connectivity index (χ2v) is 10.9. The van der Waals surface area contributed by atoms with E-state index in [1.54, 1.807) is 0 Å². The summed E-state index contributed by atoms with van der Waals surface area (Å²) in [5.41, 5.74) is -0.847. The Labute approximate surface area is 184 Å². The zero-order valence-corrected chi connectivity index (χ0v) is 19.0. The summed E-state index contributed by atoms with van der Waals surface area (Å²) in [5.74, 6) is 0.832. The summed E-state index contributed by atoms with van der Waals surface area (Å²) in [5, 5.41) is 0. The molecule has 0 bridgehead atoms. The molecule has 8 heteroatoms. The van der Waals surface area contributed by atoms with Crippen LogP contribution >= 0.6 is 0 Å². The molecule has 31 heavy (non-hydrogen) atoms. The summed E-state index contributed by atoms with van der Waals surface area (Å²) >= 11 is 0. The van der Waals surface area contributed by atoms with Crippen molar-refractivity contribution in [3.05, 3.63) is 42.0 Å². The van der Waals surface area contributed by atoms with Gasteiger partial charge in [0, 0.05) is 20.1 Å². The zero-order valence-electron chi connectivity index (χ0n) is 18.2. The molecule has 0 unspecified atom stereocenters. The van der Waals surface area contributed by atoms with Gasteiger partial charge in [-0.05, 0) is 87.7 Å². The number of rotatable bonds is 7. The summed E-state index contributed by atoms with van der Waals surface area (Å²) in [6, 6.07) is 3.72. The van der Waals surface area contributed by atoms with E-state index in [-0.39, 0.29) is 10.8 Å². The van der Waals surface area contributed by atoms with Crippen LogP contribution in [0, 0.1) is 11.8 Å². The molecule has 1 aromatic carbocycles. The molecule has 0 radical (unpaired) electrons. The quantitative estimate of drug-likeness (QED) is 0.529. The average molecular weight is 459 g/mol. The molecule has 1 aromatic rings. The van der Waals surface area contributed by atoms with Crippen molar-refractivity contribution in [3.8, 4) is 0 Å². The predicted octanol–water partition coefficient (Wildman–Crippen LogP) is 5.17. The van der Waals surface area contributed by atoms with E-state index in [4.69, 9.17) is 0 Å². The minimum Gasteiger partial charge on any atom is -0.300 e. The third-order valence-corrected chi connectivity index (χ3v) is 8.35. The highest BCUT2D eigenvalue weighted by molar-refractivity contribution is 7.89. The van der Waals surface area contributed by atoms with Crippen LogP contribution in [0.1, 0.15) is 50.5 Å². The number of piperidine rings is 1. The molecule has 2 fully saturated rings. The lowest BCUT2D eigenvalue weighted by atomic mass is 9.82. The SMILES string of the molecule is CN(CC1CCC(C=CCN2CCCCC2)CC1)S(=O)(=O)c1ccc(C(F)(F)F)cc1. The highest BCUT2D eigenvalue weighted by atomic mass is 32.2. The number of hydrogen-bond acceptors (Lipinski definition) is 3. The predicted molar refractivity (Wildman–Crippen MR) is 116 cm³/mol. The molecule has 0 spiro atoms. The molecule has 0 aromatic heterocycles. The second kappa shape index (κ2) is 10.5. The molecule has 174 valence electrons. The first kappa shape index (κ1) is 24.3. The number of hydrogen-bond donors (Lipinski definition) is 0. The Morgan fingerprint density at radius 3 is 2.23 bits per heavy atom. The number of likely N-dealkylation sites (tertiary alicyclic amines) is 1. The van der Waals surface area contributed by atoms with Crippen molar-refractivity contribution < 1.29 is 21.6 Å². The maximum Gasteiger partial charge on any atom is 0.416 e. The van der Waals surface area contributed by atoms with E-state index in [0.717, 1.165) is 56.5 Å². The average Bonchev–Trinajstić information content (AvgIpc) is 2.75. The number of sulfonamides is 1. The Morgan fingerprint density at radius 2 is 1.65 bits per heavy atom. The topological polar surface area (TPSA) is 40.6 Å². The van der Waals surface area contributed by atoms with Crippen molar-refractivity contribution in [1.82, 2.24) is 9.21 Å². The monoisotopic (exact) mass is 458 g/mol. The van der Waals surface area contributed by atoms with Crippen molar-refractivity contribution in [1.29, 1.82) is 0 Å². The summed E-state index contributed by atoms with van der Waals surface area (Å²) in [6.45, 7) is 3.80. The molecule has 0 atom stereocenters. The van der Waals surface area contributed by atoms with Crippen LogP contribution in [0.3, 0.4) is 0 Å². The van der Waals surface area contributed by atoms with Gasteiger partial charge in [-0.2, -0.15) is 13.2 Å². The van der Waals surface area contributed by atoms with Crippen LogP contribution in [0.5, 0.6) is 0 Å². The van der Waals surface area contributed by atoms with Gasteiger partial charge in [0.05, 0.1) is 10.5 Å². The van der Waals surface area contributed by atoms with Gasteiger partial charge in [0.1, 0.15) is 0 Å². The van der Waals surface area contributed by atoms with Crippen molar-refractivity contribution in [2.24, 2.45) is 11.8 Å². The summed E-state index contributed by atoms with van der Waals surface area (Å²) in [4.78, 5) is 2.39. The van der Waals surface area contributed by atoms with Crippen LogP contribution in [0.4, 0.5) is 13.2 Å². The van der Waals surface area contributed by atoms with Gasteiger partial charge in [-0.25, -0.2) is 12.7 Å². The van der Waals surface area contributed by atoms with Gasteiger partial charge in [-0.1, -0.05) is 18.6 Å². The molecule has 1 heterocycles. The van der Waals surface area contributed by atoms with Gasteiger partial charge < -0.3 is 0 Å². The van der Waals surface area contributed by atoms with Gasteiger partial charge in [-0.15, -0.1) is 0 Å². The maximum absolute atomic E-state index is 12.8. The van der Waals surface area contributed by atoms with Crippen LogP contribution in [-0.4, -0.2) is 50.8 Å². The number of benzene rings is 1. The molecule has 0 amide bonds. The maximum atomic E-state index is 12.8. The normalized spacial score (nSPS) is 24.2. The zero-order chi connectivity index (χ0) is 22.5. The van der Waals surface area contributed by atoms with E-state index < -0.39 is 21.8 Å². The van der Waals surface area contributed by atoms with E-state index in [1.807, 2.05) is 0 Å². The van der Waals surface area contributed by atoms with E-state index in [2.05, 4.69) is 17.1 Å². The number of halogens is 3. The van der Waals surface area contributed by atoms with E-state index in [9.17, 15) is 21.6 Å². The lowest BCUT2D eigenvalue weighted by molar-refractivity contribution is -0.137. The highest BCUT2D eigenvalue weighted by Gasteiger charge is 2.31. The minimum absolute atomic E-state index is 0.0997. The molecule has 4 nitrogen and oxygen atoms in total. The van der Waals surface area contributed by atoms with E-state index in [0.29, 0.717) is 12.5 Å². The lowest BCUT2D eigenvalue weighted by Crippen LogP contribution is -2.33. The Bertz CT molecular complexity index is 823. The molecule has 1 saturated carbocycles. The highest BCUT2D eigenvalue weighted by Crippen LogP contribution is 2.32.